The molecule has 0 aromatic carbocycles. The lowest BCUT2D eigenvalue weighted by Gasteiger charge is -2.25. The van der Waals surface area contributed by atoms with Crippen LogP contribution < -0.4 is 0 Å². The second-order valence-electron chi connectivity index (χ2n) is 4.18. The van der Waals surface area contributed by atoms with E-state index < -0.39 is 13.8 Å². The zero-order valence-electron chi connectivity index (χ0n) is 8.38. The second-order valence-corrected chi connectivity index (χ2v) is 7.08. The van der Waals surface area contributed by atoms with Crippen LogP contribution in [0.5, 0.6) is 0 Å². The van der Waals surface area contributed by atoms with Crippen molar-refractivity contribution in [3.8, 4) is 0 Å². The van der Waals surface area contributed by atoms with Crippen LogP contribution in [0.15, 0.2) is 0 Å². The average molecular weight is 225 g/mol. The highest BCUT2D eigenvalue weighted by atomic mass is 35.7. The van der Waals surface area contributed by atoms with Crippen LogP contribution in [0, 0.1) is 11.8 Å². The summed E-state index contributed by atoms with van der Waals surface area (Å²) >= 11 is 0. The van der Waals surface area contributed by atoms with E-state index in [-0.39, 0.29) is 5.92 Å². The van der Waals surface area contributed by atoms with Gasteiger partial charge in [-0.15, -0.1) is 0 Å². The Balaban J connectivity index is 2.83. The third-order valence-electron chi connectivity index (χ3n) is 3.56. The van der Waals surface area contributed by atoms with Crippen molar-refractivity contribution in [3.05, 3.63) is 0 Å². The summed E-state index contributed by atoms with van der Waals surface area (Å²) in [6, 6.07) is 0. The maximum Gasteiger partial charge on any atom is 0.238 e. The van der Waals surface area contributed by atoms with Crippen molar-refractivity contribution in [3.63, 3.8) is 0 Å². The van der Waals surface area contributed by atoms with Crippen molar-refractivity contribution in [2.75, 3.05) is 0 Å². The van der Waals surface area contributed by atoms with Crippen molar-refractivity contribution in [2.45, 2.75) is 44.8 Å². The van der Waals surface area contributed by atoms with Gasteiger partial charge in [0.15, 0.2) is 0 Å². The van der Waals surface area contributed by atoms with Crippen LogP contribution in [0.25, 0.3) is 0 Å². The highest BCUT2D eigenvalue weighted by Crippen LogP contribution is 2.53. The molecule has 0 aliphatic heterocycles. The van der Waals surface area contributed by atoms with Gasteiger partial charge in [0.25, 0.3) is 0 Å². The summed E-state index contributed by atoms with van der Waals surface area (Å²) in [6.45, 7) is 6.17. The summed E-state index contributed by atoms with van der Waals surface area (Å²) < 4.78 is 22.1. The van der Waals surface area contributed by atoms with E-state index in [1.807, 2.05) is 6.92 Å². The first kappa shape index (κ1) is 11.3. The molecule has 2 atom stereocenters. The molecule has 1 rings (SSSR count). The van der Waals surface area contributed by atoms with E-state index in [4.69, 9.17) is 10.7 Å². The van der Waals surface area contributed by atoms with Gasteiger partial charge in [0.05, 0.1) is 4.75 Å². The van der Waals surface area contributed by atoms with E-state index in [0.29, 0.717) is 5.92 Å². The summed E-state index contributed by atoms with van der Waals surface area (Å²) in [5.74, 6) is 0.607. The van der Waals surface area contributed by atoms with Gasteiger partial charge in [-0.25, -0.2) is 8.42 Å². The van der Waals surface area contributed by atoms with Gasteiger partial charge in [0.1, 0.15) is 0 Å². The smallest absolute Gasteiger partial charge is 0.212 e. The standard InChI is InChI=1S/C9H17ClO2S/c1-4-7(2)8(3)9(5-6-9)13(10,11)12/h7-8H,4-6H2,1-3H3. The molecule has 13 heavy (non-hydrogen) atoms. The minimum Gasteiger partial charge on any atom is -0.212 e. The zero-order valence-corrected chi connectivity index (χ0v) is 9.95. The lowest BCUT2D eigenvalue weighted by atomic mass is 9.89. The van der Waals surface area contributed by atoms with E-state index in [0.717, 1.165) is 19.3 Å². The van der Waals surface area contributed by atoms with E-state index in [1.54, 1.807) is 0 Å². The van der Waals surface area contributed by atoms with E-state index in [2.05, 4.69) is 13.8 Å². The summed E-state index contributed by atoms with van der Waals surface area (Å²) in [5, 5.41) is 0. The van der Waals surface area contributed by atoms with Crippen molar-refractivity contribution < 1.29 is 8.42 Å². The third kappa shape index (κ3) is 1.86. The molecule has 0 radical (unpaired) electrons. The maximum absolute atomic E-state index is 11.3. The topological polar surface area (TPSA) is 34.1 Å². The number of halogens is 1. The van der Waals surface area contributed by atoms with Crippen LogP contribution >= 0.6 is 10.7 Å². The monoisotopic (exact) mass is 224 g/mol. The third-order valence-corrected chi connectivity index (χ3v) is 6.23. The average Bonchev–Trinajstić information content (AvgIpc) is 2.80. The zero-order chi connectivity index (χ0) is 10.3. The maximum atomic E-state index is 11.3. The minimum absolute atomic E-state index is 0.181. The summed E-state index contributed by atoms with van der Waals surface area (Å²) in [5.41, 5.74) is 0. The van der Waals surface area contributed by atoms with E-state index >= 15 is 0 Å². The molecule has 0 aromatic rings. The first-order valence-corrected chi connectivity index (χ1v) is 7.10. The van der Waals surface area contributed by atoms with Crippen LogP contribution in [0.1, 0.15) is 40.0 Å². The molecule has 2 nitrogen and oxygen atoms in total. The first-order chi connectivity index (χ1) is 5.85. The van der Waals surface area contributed by atoms with Crippen molar-refractivity contribution in [1.29, 1.82) is 0 Å². The minimum atomic E-state index is -3.37. The lowest BCUT2D eigenvalue weighted by Crippen LogP contribution is -2.31. The summed E-state index contributed by atoms with van der Waals surface area (Å²) in [4.78, 5) is 0. The molecular formula is C9H17ClO2S. The molecule has 1 aliphatic rings. The molecule has 0 N–H and O–H groups in total. The second kappa shape index (κ2) is 3.43. The Morgan fingerprint density at radius 3 is 2.08 bits per heavy atom. The van der Waals surface area contributed by atoms with Gasteiger partial charge in [0.2, 0.25) is 9.05 Å². The molecule has 0 amide bonds. The predicted molar refractivity (Wildman–Crippen MR) is 55.4 cm³/mol. The normalized spacial score (nSPS) is 25.2. The molecule has 1 fully saturated rings. The fraction of sp³-hybridized carbons (Fsp3) is 1.00. The fourth-order valence-electron chi connectivity index (χ4n) is 1.92. The molecular weight excluding hydrogens is 208 g/mol. The van der Waals surface area contributed by atoms with Gasteiger partial charge in [-0.3, -0.25) is 0 Å². The van der Waals surface area contributed by atoms with Crippen LogP contribution in [-0.4, -0.2) is 13.2 Å². The van der Waals surface area contributed by atoms with Crippen LogP contribution in [0.4, 0.5) is 0 Å². The van der Waals surface area contributed by atoms with Crippen LogP contribution in [-0.2, 0) is 9.05 Å². The van der Waals surface area contributed by atoms with Gasteiger partial charge >= 0.3 is 0 Å². The Morgan fingerprint density at radius 1 is 1.38 bits per heavy atom. The largest absolute Gasteiger partial charge is 0.238 e. The van der Waals surface area contributed by atoms with Crippen molar-refractivity contribution in [2.24, 2.45) is 11.8 Å². The number of rotatable bonds is 4. The van der Waals surface area contributed by atoms with Gasteiger partial charge in [-0.1, -0.05) is 27.2 Å². The van der Waals surface area contributed by atoms with E-state index in [9.17, 15) is 8.42 Å². The molecule has 0 spiro atoms. The molecule has 0 bridgehead atoms. The van der Waals surface area contributed by atoms with Crippen molar-refractivity contribution in [1.82, 2.24) is 0 Å². The fourth-order valence-corrected chi connectivity index (χ4v) is 4.07. The van der Waals surface area contributed by atoms with Gasteiger partial charge < -0.3 is 0 Å². The Kier molecular flexibility index (Phi) is 2.98. The predicted octanol–water partition coefficient (Wildman–Crippen LogP) is 2.77. The molecule has 1 aliphatic carbocycles. The van der Waals surface area contributed by atoms with Crippen molar-refractivity contribution >= 4 is 19.7 Å². The quantitative estimate of drug-likeness (QED) is 0.689. The van der Waals surface area contributed by atoms with Crippen LogP contribution in [0.3, 0.4) is 0 Å². The van der Waals surface area contributed by atoms with Gasteiger partial charge in [0, 0.05) is 10.7 Å². The molecule has 0 heterocycles. The molecule has 4 heteroatoms. The lowest BCUT2D eigenvalue weighted by molar-refractivity contribution is 0.348. The van der Waals surface area contributed by atoms with Crippen LogP contribution in [0.2, 0.25) is 0 Å². The summed E-state index contributed by atoms with van der Waals surface area (Å²) in [7, 11) is 2.08. The highest BCUT2D eigenvalue weighted by molar-refractivity contribution is 8.15. The Morgan fingerprint density at radius 2 is 1.85 bits per heavy atom. The van der Waals surface area contributed by atoms with Gasteiger partial charge in [-0.2, -0.15) is 0 Å². The molecule has 1 saturated carbocycles. The molecule has 78 valence electrons. The number of hydrogen-bond acceptors (Lipinski definition) is 2. The molecule has 0 saturated heterocycles. The Bertz CT molecular complexity index is 280. The highest BCUT2D eigenvalue weighted by Gasteiger charge is 2.58. The first-order valence-electron chi connectivity index (χ1n) is 4.79. The Labute approximate surface area is 85.1 Å². The van der Waals surface area contributed by atoms with E-state index in [1.165, 1.54) is 0 Å². The summed E-state index contributed by atoms with van der Waals surface area (Å²) in [6.07, 6.45) is 2.49. The molecule has 2 unspecified atom stereocenters. The molecule has 0 aromatic heterocycles. The Hall–Kier alpha value is 0.240. The number of hydrogen-bond donors (Lipinski definition) is 0. The SMILES string of the molecule is CCC(C)C(C)C1(S(=O)(=O)Cl)CC1. The van der Waals surface area contributed by atoms with Gasteiger partial charge in [-0.05, 0) is 24.7 Å².